The van der Waals surface area contributed by atoms with Crippen LogP contribution < -0.4 is 39.4 Å². The topological polar surface area (TPSA) is 179 Å². The predicted molar refractivity (Wildman–Crippen MR) is 265 cm³/mol. The Hall–Kier alpha value is -7.14. The smallest absolute Gasteiger partial charge is 0.303 e. The van der Waals surface area contributed by atoms with Gasteiger partial charge in [-0.2, -0.15) is 0 Å². The number of aliphatic carboxylic acids is 1. The Morgan fingerprint density at radius 3 is 2.19 bits per heavy atom. The minimum atomic E-state index is -0.884. The van der Waals surface area contributed by atoms with E-state index in [0.717, 1.165) is 40.0 Å². The molecular formula is C53H61N5O11. The van der Waals surface area contributed by atoms with E-state index in [2.05, 4.69) is 33.3 Å². The molecule has 2 aliphatic rings. The van der Waals surface area contributed by atoms with Gasteiger partial charge in [0.2, 0.25) is 0 Å². The Labute approximate surface area is 403 Å². The largest absolute Gasteiger partial charge is 0.493 e. The summed E-state index contributed by atoms with van der Waals surface area (Å²) in [5.74, 6) is 0.220. The molecule has 0 spiro atoms. The van der Waals surface area contributed by atoms with Crippen molar-refractivity contribution in [3.05, 3.63) is 130 Å². The van der Waals surface area contributed by atoms with Crippen LogP contribution in [0.5, 0.6) is 23.0 Å². The third kappa shape index (κ3) is 13.1. The highest BCUT2D eigenvalue weighted by molar-refractivity contribution is 6.12. The molecule has 3 N–H and O–H groups in total. The van der Waals surface area contributed by atoms with E-state index in [-0.39, 0.29) is 37.5 Å². The summed E-state index contributed by atoms with van der Waals surface area (Å²) in [5.41, 5.74) is 7.27. The summed E-state index contributed by atoms with van der Waals surface area (Å²) in [6, 6.07) is 30.6. The van der Waals surface area contributed by atoms with E-state index in [0.29, 0.717) is 118 Å². The molecule has 2 heterocycles. The molecule has 69 heavy (non-hydrogen) atoms. The number of nitrogens with one attached hydrogen (secondary N) is 2. The second kappa shape index (κ2) is 24.8. The Bertz CT molecular complexity index is 2560. The molecule has 0 radical (unpaired) electrons. The maximum Gasteiger partial charge on any atom is 0.303 e. The van der Waals surface area contributed by atoms with Crippen molar-refractivity contribution in [2.45, 2.75) is 44.9 Å². The third-order valence-corrected chi connectivity index (χ3v) is 11.9. The minimum absolute atomic E-state index is 0.0103. The number of amides is 2. The van der Waals surface area contributed by atoms with Crippen molar-refractivity contribution < 1.29 is 52.6 Å². The molecule has 0 bridgehead atoms. The molecule has 0 fully saturated rings. The van der Waals surface area contributed by atoms with Crippen LogP contribution in [0.1, 0.15) is 55.8 Å². The second-order valence-corrected chi connectivity index (χ2v) is 16.5. The summed E-state index contributed by atoms with van der Waals surface area (Å²) in [4.78, 5) is 47.2. The molecule has 5 aromatic carbocycles. The van der Waals surface area contributed by atoms with Crippen LogP contribution in [0, 0.1) is 0 Å². The maximum absolute atomic E-state index is 14.1. The first-order valence-electron chi connectivity index (χ1n) is 23.1. The number of carbonyl (C=O) groups excluding carboxylic acids is 2. The van der Waals surface area contributed by atoms with Gasteiger partial charge in [0.25, 0.3) is 11.8 Å². The van der Waals surface area contributed by atoms with E-state index in [1.54, 1.807) is 32.4 Å². The zero-order valence-electron chi connectivity index (χ0n) is 39.5. The van der Waals surface area contributed by atoms with Gasteiger partial charge in [0.15, 0.2) is 23.0 Å². The lowest BCUT2D eigenvalue weighted by Crippen LogP contribution is -2.39. The predicted octanol–water partition coefficient (Wildman–Crippen LogP) is 7.51. The van der Waals surface area contributed by atoms with Gasteiger partial charge >= 0.3 is 5.97 Å². The fourth-order valence-electron chi connectivity index (χ4n) is 8.45. The summed E-state index contributed by atoms with van der Waals surface area (Å²) in [5, 5.41) is 16.0. The fraction of sp³-hybridized carbons (Fsp3) is 0.358. The van der Waals surface area contributed by atoms with Crippen molar-refractivity contribution in [1.82, 2.24) is 5.32 Å². The van der Waals surface area contributed by atoms with Crippen molar-refractivity contribution in [3.8, 4) is 23.0 Å². The van der Waals surface area contributed by atoms with Gasteiger partial charge in [0.05, 0.1) is 75.8 Å². The first-order valence-corrected chi connectivity index (χ1v) is 23.1. The quantitative estimate of drug-likeness (QED) is 0.0348. The third-order valence-electron chi connectivity index (χ3n) is 11.9. The van der Waals surface area contributed by atoms with Crippen LogP contribution in [0.15, 0.2) is 102 Å². The number of aliphatic imine (C=N–C) groups is 1. The summed E-state index contributed by atoms with van der Waals surface area (Å²) in [6.07, 6.45) is 1.80. The molecule has 0 saturated heterocycles. The molecule has 16 nitrogen and oxygen atoms in total. The molecule has 2 amide bonds. The monoisotopic (exact) mass is 943 g/mol. The molecule has 16 heteroatoms. The van der Waals surface area contributed by atoms with Crippen LogP contribution in [0.4, 0.5) is 22.7 Å². The normalized spacial score (nSPS) is 13.6. The number of para-hydroxylation sites is 1. The molecule has 0 unspecified atom stereocenters. The lowest BCUT2D eigenvalue weighted by Gasteiger charge is -2.26. The average molecular weight is 944 g/mol. The Balaban J connectivity index is 1.13. The standard InChI is InChI=1S/C53H61N5O11/c1-54-44-31-49(47(64-3)29-42(44)52(61)55-17-16-36-11-6-5-7-12-36)68-34-37-25-38(27-40(26-37)57(18-10-15-51(59)60)19-20-66-23-24-67-22-21-63-2)35-69-50-32-45-43(30-48(50)65-4)53(62)58-41(33-56-45)28-39-13-8-9-14-46(39)58/h5-9,11-14,25-27,29-32,41,56H,1,10,15-24,28,33-35H2,2-4H3,(H,55,61)(H,59,60)/t41-/m0/s1. The molecule has 5 aromatic rings. The lowest BCUT2D eigenvalue weighted by molar-refractivity contribution is -0.137. The first-order chi connectivity index (χ1) is 33.7. The van der Waals surface area contributed by atoms with E-state index in [9.17, 15) is 19.5 Å². The van der Waals surface area contributed by atoms with Crippen LogP contribution >= 0.6 is 0 Å². The van der Waals surface area contributed by atoms with Gasteiger partial charge in [-0.1, -0.05) is 48.5 Å². The molecule has 1 atom stereocenters. The minimum Gasteiger partial charge on any atom is -0.493 e. The number of carboxylic acids is 1. The summed E-state index contributed by atoms with van der Waals surface area (Å²) < 4.78 is 41.0. The fourth-order valence-corrected chi connectivity index (χ4v) is 8.45. The van der Waals surface area contributed by atoms with Crippen molar-refractivity contribution in [3.63, 3.8) is 0 Å². The Morgan fingerprint density at radius 1 is 0.797 bits per heavy atom. The number of carbonyl (C=O) groups is 3. The number of fused-ring (bicyclic) bond motifs is 4. The molecule has 364 valence electrons. The van der Waals surface area contributed by atoms with E-state index in [1.165, 1.54) is 7.11 Å². The van der Waals surface area contributed by atoms with Gasteiger partial charge in [0, 0.05) is 63.2 Å². The van der Waals surface area contributed by atoms with Gasteiger partial charge in [-0.15, -0.1) is 0 Å². The van der Waals surface area contributed by atoms with Crippen molar-refractivity contribution in [1.29, 1.82) is 0 Å². The zero-order valence-corrected chi connectivity index (χ0v) is 39.5. The molecule has 0 aromatic heterocycles. The van der Waals surface area contributed by atoms with Gasteiger partial charge in [-0.25, -0.2) is 0 Å². The van der Waals surface area contributed by atoms with Gasteiger partial charge in [-0.3, -0.25) is 19.4 Å². The van der Waals surface area contributed by atoms with Crippen molar-refractivity contribution in [2.75, 3.05) is 95.7 Å². The highest BCUT2D eigenvalue weighted by Gasteiger charge is 2.37. The van der Waals surface area contributed by atoms with Crippen LogP contribution in [0.2, 0.25) is 0 Å². The number of hydrogen-bond donors (Lipinski definition) is 3. The highest BCUT2D eigenvalue weighted by Crippen LogP contribution is 2.41. The number of methoxy groups -OCH3 is 3. The lowest BCUT2D eigenvalue weighted by atomic mass is 10.1. The average Bonchev–Trinajstić information content (AvgIpc) is 3.68. The number of anilines is 3. The number of hydrogen-bond acceptors (Lipinski definition) is 13. The van der Waals surface area contributed by atoms with Crippen molar-refractivity contribution in [2.24, 2.45) is 4.99 Å². The van der Waals surface area contributed by atoms with Crippen molar-refractivity contribution >= 4 is 47.3 Å². The summed E-state index contributed by atoms with van der Waals surface area (Å²) >= 11 is 0. The molecular weight excluding hydrogens is 883 g/mol. The number of carboxylic acid groups (broad SMARTS) is 1. The number of benzene rings is 5. The number of rotatable bonds is 27. The summed E-state index contributed by atoms with van der Waals surface area (Å²) in [7, 11) is 4.67. The SMILES string of the molecule is C=Nc1cc(OCc2cc(COc3cc4c(cc3OC)C(=O)N3c5ccccc5C[C@H]3CN4)cc(N(CCCC(=O)O)CCOCCOCCOC)c2)c(OC)cc1C(=O)NCCc1ccccc1. The van der Waals surface area contributed by atoms with E-state index in [4.69, 9.17) is 33.2 Å². The van der Waals surface area contributed by atoms with E-state index in [1.807, 2.05) is 77.7 Å². The van der Waals surface area contributed by atoms with Gasteiger partial charge in [0.1, 0.15) is 13.2 Å². The molecule has 0 saturated carbocycles. The Morgan fingerprint density at radius 2 is 1.48 bits per heavy atom. The van der Waals surface area contributed by atoms with Crippen LogP contribution in [-0.4, -0.2) is 116 Å². The molecule has 2 aliphatic heterocycles. The van der Waals surface area contributed by atoms with E-state index < -0.39 is 5.97 Å². The Kier molecular flexibility index (Phi) is 17.9. The van der Waals surface area contributed by atoms with Crippen LogP contribution in [0.3, 0.4) is 0 Å². The van der Waals surface area contributed by atoms with E-state index >= 15 is 0 Å². The zero-order chi connectivity index (χ0) is 48.5. The first kappa shape index (κ1) is 49.8. The second-order valence-electron chi connectivity index (χ2n) is 16.5. The van der Waals surface area contributed by atoms with Gasteiger partial charge < -0.3 is 58.7 Å². The number of ether oxygens (including phenoxy) is 7. The van der Waals surface area contributed by atoms with Crippen LogP contribution in [-0.2, 0) is 45.1 Å². The van der Waals surface area contributed by atoms with Gasteiger partial charge in [-0.05, 0) is 84.6 Å². The maximum atomic E-state index is 14.1. The van der Waals surface area contributed by atoms with Crippen LogP contribution in [0.25, 0.3) is 0 Å². The number of nitrogens with zero attached hydrogens (tertiary/aromatic N) is 3. The molecule has 0 aliphatic carbocycles. The summed E-state index contributed by atoms with van der Waals surface area (Å²) in [6.45, 7) is 7.88. The highest BCUT2D eigenvalue weighted by atomic mass is 16.5. The molecule has 7 rings (SSSR count).